The number of hydrogen-bond acceptors (Lipinski definition) is 7. The Morgan fingerprint density at radius 3 is 2.72 bits per heavy atom. The summed E-state index contributed by atoms with van der Waals surface area (Å²) >= 11 is 6.18. The minimum absolute atomic E-state index is 0.0874. The van der Waals surface area contributed by atoms with Crippen LogP contribution in [0.15, 0.2) is 61.8 Å². The monoisotopic (exact) mass is 533 g/mol. The van der Waals surface area contributed by atoms with E-state index in [2.05, 4.69) is 21.2 Å². The van der Waals surface area contributed by atoms with E-state index in [1.807, 2.05) is 24.3 Å². The fourth-order valence-electron chi connectivity index (χ4n) is 3.23. The Morgan fingerprint density at radius 2 is 2.00 bits per heavy atom. The highest BCUT2D eigenvalue weighted by Gasteiger charge is 2.23. The Labute approximate surface area is 202 Å². The maximum atomic E-state index is 13.2. The first-order valence-electron chi connectivity index (χ1n) is 9.69. The van der Waals surface area contributed by atoms with Gasteiger partial charge in [0.1, 0.15) is 11.5 Å². The van der Waals surface area contributed by atoms with Gasteiger partial charge in [-0.2, -0.15) is 0 Å². The number of benzene rings is 2. The molecule has 0 aliphatic carbocycles. The number of methoxy groups -OCH3 is 2. The van der Waals surface area contributed by atoms with Crippen molar-refractivity contribution in [1.29, 1.82) is 0 Å². The van der Waals surface area contributed by atoms with Crippen molar-refractivity contribution in [3.05, 3.63) is 63.0 Å². The first kappa shape index (κ1) is 22.8. The van der Waals surface area contributed by atoms with Crippen molar-refractivity contribution in [2.45, 2.75) is 16.5 Å². The fourth-order valence-corrected chi connectivity index (χ4v) is 5.34. The zero-order valence-corrected chi connectivity index (χ0v) is 20.6. The van der Waals surface area contributed by atoms with Crippen LogP contribution in [0.5, 0.6) is 11.5 Å². The number of amides is 1. The Bertz CT molecular complexity index is 1220. The van der Waals surface area contributed by atoms with Gasteiger partial charge in [0, 0.05) is 22.7 Å². The zero-order chi connectivity index (χ0) is 22.7. The molecule has 0 saturated heterocycles. The Morgan fingerprint density at radius 1 is 1.22 bits per heavy atom. The van der Waals surface area contributed by atoms with E-state index < -0.39 is 0 Å². The number of carbonyl (C=O) groups excluding carboxylic acids is 1. The number of aryl methyl sites for hydroxylation is 1. The molecule has 10 heteroatoms. The van der Waals surface area contributed by atoms with Gasteiger partial charge in [0.15, 0.2) is 5.16 Å². The molecule has 0 spiro atoms. The van der Waals surface area contributed by atoms with Crippen LogP contribution in [0, 0.1) is 0 Å². The average Bonchev–Trinajstić information content (AvgIpc) is 3.28. The quantitative estimate of drug-likeness (QED) is 0.356. The molecule has 2 heterocycles. The molecule has 3 aromatic rings. The molecule has 1 aromatic heterocycles. The topological polar surface area (TPSA) is 82.5 Å². The number of ether oxygens (including phenoxy) is 2. The second-order valence-corrected chi connectivity index (χ2v) is 9.75. The Kier molecular flexibility index (Phi) is 7.12. The highest BCUT2D eigenvalue weighted by atomic mass is 79.9. The van der Waals surface area contributed by atoms with E-state index in [-0.39, 0.29) is 17.2 Å². The van der Waals surface area contributed by atoms with E-state index in [1.54, 1.807) is 29.9 Å². The van der Waals surface area contributed by atoms with Gasteiger partial charge in [-0.15, -0.1) is 11.8 Å². The molecule has 2 aromatic carbocycles. The number of halogens is 1. The number of fused-ring (bicyclic) bond motifs is 1. The number of hydrogen-bond donors (Lipinski definition) is 1. The van der Waals surface area contributed by atoms with E-state index in [4.69, 9.17) is 14.5 Å². The van der Waals surface area contributed by atoms with Crippen molar-refractivity contribution in [2.24, 2.45) is 0 Å². The summed E-state index contributed by atoms with van der Waals surface area (Å²) in [6.45, 7) is 0. The lowest BCUT2D eigenvalue weighted by molar-refractivity contribution is -0.113. The van der Waals surface area contributed by atoms with Crippen molar-refractivity contribution < 1.29 is 14.3 Å². The van der Waals surface area contributed by atoms with Crippen molar-refractivity contribution in [2.75, 3.05) is 31.0 Å². The molecular formula is C22H20BrN3O4S2. The van der Waals surface area contributed by atoms with Crippen LogP contribution in [0.2, 0.25) is 0 Å². The third-order valence-corrected chi connectivity index (χ3v) is 7.34. The van der Waals surface area contributed by atoms with E-state index in [9.17, 15) is 9.59 Å². The summed E-state index contributed by atoms with van der Waals surface area (Å²) in [6.07, 6.45) is 0.749. The smallest absolute Gasteiger partial charge is 0.272 e. The zero-order valence-electron chi connectivity index (χ0n) is 17.4. The van der Waals surface area contributed by atoms with Crippen LogP contribution in [-0.2, 0) is 11.2 Å². The lowest BCUT2D eigenvalue weighted by atomic mass is 10.2. The molecule has 0 atom stereocenters. The van der Waals surface area contributed by atoms with E-state index >= 15 is 0 Å². The van der Waals surface area contributed by atoms with Gasteiger partial charge in [0.25, 0.3) is 5.56 Å². The minimum atomic E-state index is -0.232. The third-order valence-electron chi connectivity index (χ3n) is 4.77. The van der Waals surface area contributed by atoms with E-state index in [0.29, 0.717) is 32.9 Å². The summed E-state index contributed by atoms with van der Waals surface area (Å²) < 4.78 is 13.0. The van der Waals surface area contributed by atoms with Crippen molar-refractivity contribution in [3.63, 3.8) is 0 Å². The third kappa shape index (κ3) is 4.82. The Hall–Kier alpha value is -2.43. The Balaban J connectivity index is 1.58. The van der Waals surface area contributed by atoms with Crippen LogP contribution >= 0.6 is 39.5 Å². The molecule has 0 saturated carbocycles. The van der Waals surface area contributed by atoms with Crippen LogP contribution in [-0.4, -0.2) is 41.2 Å². The molecule has 0 radical (unpaired) electrons. The molecule has 7 nitrogen and oxygen atoms in total. The summed E-state index contributed by atoms with van der Waals surface area (Å²) in [7, 11) is 3.10. The van der Waals surface area contributed by atoms with Gasteiger partial charge in [0.2, 0.25) is 5.91 Å². The summed E-state index contributed by atoms with van der Waals surface area (Å²) in [6, 6.07) is 12.6. The van der Waals surface area contributed by atoms with Crippen LogP contribution in [0.25, 0.3) is 5.69 Å². The average molecular weight is 534 g/mol. The molecule has 0 bridgehead atoms. The van der Waals surface area contributed by atoms with Gasteiger partial charge in [-0.05, 0) is 36.4 Å². The molecule has 32 heavy (non-hydrogen) atoms. The van der Waals surface area contributed by atoms with Gasteiger partial charge in [0.05, 0.1) is 41.9 Å². The number of aromatic nitrogens is 2. The first-order valence-corrected chi connectivity index (χ1v) is 12.5. The summed E-state index contributed by atoms with van der Waals surface area (Å²) in [5.41, 5.74) is 1.95. The summed E-state index contributed by atoms with van der Waals surface area (Å²) in [5.74, 6) is 1.83. The van der Waals surface area contributed by atoms with Gasteiger partial charge in [-0.3, -0.25) is 14.2 Å². The number of nitrogens with zero attached hydrogens (tertiary/aromatic N) is 2. The maximum Gasteiger partial charge on any atom is 0.272 e. The van der Waals surface area contributed by atoms with E-state index in [0.717, 1.165) is 22.3 Å². The van der Waals surface area contributed by atoms with Gasteiger partial charge in [-0.25, -0.2) is 4.98 Å². The van der Waals surface area contributed by atoms with Crippen LogP contribution < -0.4 is 20.3 Å². The normalized spacial score (nSPS) is 12.3. The predicted octanol–water partition coefficient (Wildman–Crippen LogP) is 4.39. The highest BCUT2D eigenvalue weighted by molar-refractivity contribution is 9.10. The van der Waals surface area contributed by atoms with Gasteiger partial charge < -0.3 is 14.8 Å². The molecular weight excluding hydrogens is 514 g/mol. The SMILES string of the molecule is COc1ccc(NC(=O)CSc2nc3c(c(=O)n2-c2ccc(Br)cc2)SCC3)c(OC)c1. The number of thioether (sulfide) groups is 2. The first-order chi connectivity index (χ1) is 15.5. The standard InChI is InChI=1S/C22H20BrN3O4S2/c1-29-15-7-8-16(18(11-15)30-2)24-19(27)12-32-22-25-17-9-10-31-20(17)21(28)26(22)14-5-3-13(23)4-6-14/h3-8,11H,9-10,12H2,1-2H3,(H,24,27). The predicted molar refractivity (Wildman–Crippen MR) is 131 cm³/mol. The number of rotatable bonds is 7. The second kappa shape index (κ2) is 10.0. The maximum absolute atomic E-state index is 13.2. The highest BCUT2D eigenvalue weighted by Crippen LogP contribution is 2.31. The summed E-state index contributed by atoms with van der Waals surface area (Å²) in [4.78, 5) is 31.3. The molecule has 1 aliphatic heterocycles. The minimum Gasteiger partial charge on any atom is -0.497 e. The molecule has 166 valence electrons. The van der Waals surface area contributed by atoms with Gasteiger partial charge in [-0.1, -0.05) is 27.7 Å². The number of carbonyl (C=O) groups is 1. The summed E-state index contributed by atoms with van der Waals surface area (Å²) in [5, 5.41) is 3.35. The number of anilines is 1. The largest absolute Gasteiger partial charge is 0.497 e. The van der Waals surface area contributed by atoms with Crippen LogP contribution in [0.3, 0.4) is 0 Å². The molecule has 0 unspecified atom stereocenters. The van der Waals surface area contributed by atoms with Crippen molar-refractivity contribution in [1.82, 2.24) is 9.55 Å². The van der Waals surface area contributed by atoms with Crippen molar-refractivity contribution >= 4 is 51.0 Å². The van der Waals surface area contributed by atoms with Crippen LogP contribution in [0.4, 0.5) is 5.69 Å². The molecule has 0 fully saturated rings. The molecule has 4 rings (SSSR count). The molecule has 1 aliphatic rings. The number of nitrogens with one attached hydrogen (secondary N) is 1. The van der Waals surface area contributed by atoms with Gasteiger partial charge >= 0.3 is 0 Å². The molecule has 1 N–H and O–H groups in total. The van der Waals surface area contributed by atoms with Crippen LogP contribution in [0.1, 0.15) is 5.69 Å². The fraction of sp³-hybridized carbons (Fsp3) is 0.227. The molecule has 1 amide bonds. The van der Waals surface area contributed by atoms with Crippen molar-refractivity contribution in [3.8, 4) is 17.2 Å². The van der Waals surface area contributed by atoms with E-state index in [1.165, 1.54) is 30.6 Å². The second-order valence-electron chi connectivity index (χ2n) is 6.79. The lowest BCUT2D eigenvalue weighted by Gasteiger charge is -2.14. The lowest BCUT2D eigenvalue weighted by Crippen LogP contribution is -2.24.